The van der Waals surface area contributed by atoms with E-state index in [1.165, 1.54) is 0 Å². The van der Waals surface area contributed by atoms with Crippen molar-refractivity contribution in [3.8, 4) is 28.1 Å². The van der Waals surface area contributed by atoms with E-state index in [4.69, 9.17) is 38.7 Å². The largest absolute Gasteiger partial charge is 0.494 e. The highest BCUT2D eigenvalue weighted by molar-refractivity contribution is 6.36. The smallest absolute Gasteiger partial charge is 0.133 e. The van der Waals surface area contributed by atoms with Crippen LogP contribution < -0.4 is 10.5 Å². The minimum Gasteiger partial charge on any atom is -0.494 e. The fraction of sp³-hybridized carbons (Fsp3) is 0.194. The van der Waals surface area contributed by atoms with Gasteiger partial charge >= 0.3 is 0 Å². The molecule has 0 bridgehead atoms. The zero-order chi connectivity index (χ0) is 29.7. The van der Waals surface area contributed by atoms with Gasteiger partial charge in [-0.2, -0.15) is 0 Å². The SMILES string of the molecule is CC(C)(C)CCOc1cccc(-c2ccc(/C=C/c3nc(-c4ccc(Cl)cc4Cl)cn3Cc3ccc(N)cc3)cc2)c1. The molecule has 2 N–H and O–H groups in total. The van der Waals surface area contributed by atoms with Crippen LogP contribution in [0, 0.1) is 5.41 Å². The van der Waals surface area contributed by atoms with Crippen LogP contribution in [0.5, 0.6) is 5.75 Å². The van der Waals surface area contributed by atoms with Crippen LogP contribution in [0.3, 0.4) is 0 Å². The monoisotopic (exact) mass is 595 g/mol. The van der Waals surface area contributed by atoms with Gasteiger partial charge in [0.05, 0.1) is 17.3 Å². The first-order chi connectivity index (χ1) is 20.1. The third-order valence-electron chi connectivity index (χ3n) is 6.97. The second-order valence-electron chi connectivity index (χ2n) is 11.6. The molecule has 6 heteroatoms. The van der Waals surface area contributed by atoms with Gasteiger partial charge in [-0.1, -0.05) is 98.6 Å². The van der Waals surface area contributed by atoms with E-state index >= 15 is 0 Å². The number of nitrogen functional groups attached to an aromatic ring is 1. The highest BCUT2D eigenvalue weighted by Crippen LogP contribution is 2.31. The summed E-state index contributed by atoms with van der Waals surface area (Å²) < 4.78 is 8.13. The van der Waals surface area contributed by atoms with Gasteiger partial charge in [-0.3, -0.25) is 0 Å². The number of ether oxygens (including phenoxy) is 1. The molecule has 1 aromatic heterocycles. The van der Waals surface area contributed by atoms with E-state index in [9.17, 15) is 0 Å². The third-order valence-corrected chi connectivity index (χ3v) is 7.52. The molecule has 214 valence electrons. The fourth-order valence-corrected chi connectivity index (χ4v) is 5.04. The number of benzene rings is 4. The second-order valence-corrected chi connectivity index (χ2v) is 12.5. The van der Waals surface area contributed by atoms with Crippen LogP contribution in [0.1, 0.15) is 44.1 Å². The highest BCUT2D eigenvalue weighted by atomic mass is 35.5. The Bertz CT molecular complexity index is 1680. The molecule has 1 heterocycles. The van der Waals surface area contributed by atoms with Crippen LogP contribution in [0.2, 0.25) is 10.0 Å². The third kappa shape index (κ3) is 7.84. The molecule has 5 aromatic rings. The summed E-state index contributed by atoms with van der Waals surface area (Å²) in [7, 11) is 0. The Balaban J connectivity index is 1.36. The molecule has 0 saturated carbocycles. The summed E-state index contributed by atoms with van der Waals surface area (Å²) in [5.41, 5.74) is 13.0. The Kier molecular flexibility index (Phi) is 9.06. The maximum absolute atomic E-state index is 6.52. The number of nitrogens with two attached hydrogens (primary N) is 1. The minimum absolute atomic E-state index is 0.249. The summed E-state index contributed by atoms with van der Waals surface area (Å²) >= 11 is 12.7. The molecule has 0 amide bonds. The van der Waals surface area contributed by atoms with Crippen molar-refractivity contribution in [3.63, 3.8) is 0 Å². The zero-order valence-corrected chi connectivity index (χ0v) is 25.7. The molecule has 42 heavy (non-hydrogen) atoms. The molecule has 0 aliphatic heterocycles. The van der Waals surface area contributed by atoms with E-state index in [1.54, 1.807) is 6.07 Å². The van der Waals surface area contributed by atoms with E-state index in [-0.39, 0.29) is 5.41 Å². The van der Waals surface area contributed by atoms with Crippen LogP contribution in [0.25, 0.3) is 34.5 Å². The minimum atomic E-state index is 0.249. The number of hydrogen-bond donors (Lipinski definition) is 1. The molecule has 5 rings (SSSR count). The molecule has 0 unspecified atom stereocenters. The molecule has 0 saturated heterocycles. The van der Waals surface area contributed by atoms with E-state index in [0.29, 0.717) is 23.2 Å². The van der Waals surface area contributed by atoms with E-state index < -0.39 is 0 Å². The maximum Gasteiger partial charge on any atom is 0.133 e. The van der Waals surface area contributed by atoms with Gasteiger partial charge in [0.25, 0.3) is 0 Å². The highest BCUT2D eigenvalue weighted by Gasteiger charge is 2.13. The predicted octanol–water partition coefficient (Wildman–Crippen LogP) is 10.1. The number of hydrogen-bond acceptors (Lipinski definition) is 3. The first-order valence-corrected chi connectivity index (χ1v) is 14.8. The average molecular weight is 597 g/mol. The average Bonchev–Trinajstić information content (AvgIpc) is 3.35. The fourth-order valence-electron chi connectivity index (χ4n) is 4.53. The van der Waals surface area contributed by atoms with Crippen molar-refractivity contribution in [1.82, 2.24) is 9.55 Å². The molecular formula is C36H35Cl2N3O. The molecule has 0 atom stereocenters. The normalized spacial score (nSPS) is 11.7. The van der Waals surface area contributed by atoms with Crippen molar-refractivity contribution in [2.24, 2.45) is 5.41 Å². The second kappa shape index (κ2) is 12.9. The van der Waals surface area contributed by atoms with Gasteiger partial charge < -0.3 is 15.0 Å². The number of aromatic nitrogens is 2. The van der Waals surface area contributed by atoms with Crippen molar-refractivity contribution in [1.29, 1.82) is 0 Å². The maximum atomic E-state index is 6.52. The van der Waals surface area contributed by atoms with Crippen LogP contribution in [0.4, 0.5) is 5.69 Å². The molecule has 0 radical (unpaired) electrons. The number of imidazole rings is 1. The van der Waals surface area contributed by atoms with Crippen molar-refractivity contribution in [2.75, 3.05) is 12.3 Å². The van der Waals surface area contributed by atoms with Gasteiger partial charge in [0.2, 0.25) is 0 Å². The Morgan fingerprint density at radius 2 is 1.62 bits per heavy atom. The molecule has 4 nitrogen and oxygen atoms in total. The molecule has 0 fully saturated rings. The van der Waals surface area contributed by atoms with E-state index in [1.807, 2.05) is 60.8 Å². The lowest BCUT2D eigenvalue weighted by Gasteiger charge is -2.18. The van der Waals surface area contributed by atoms with Crippen LogP contribution in [-0.4, -0.2) is 16.2 Å². The molecule has 0 aliphatic carbocycles. The summed E-state index contributed by atoms with van der Waals surface area (Å²) in [4.78, 5) is 4.92. The lowest BCUT2D eigenvalue weighted by molar-refractivity contribution is 0.243. The number of halogens is 2. The van der Waals surface area contributed by atoms with Gasteiger partial charge in [-0.05, 0) is 82.6 Å². The Morgan fingerprint density at radius 3 is 2.33 bits per heavy atom. The lowest BCUT2D eigenvalue weighted by atomic mass is 9.93. The van der Waals surface area contributed by atoms with Gasteiger partial charge in [0.15, 0.2) is 0 Å². The molecule has 0 spiro atoms. The summed E-state index contributed by atoms with van der Waals surface area (Å²) in [5, 5.41) is 1.16. The molecule has 0 aliphatic rings. The molecular weight excluding hydrogens is 561 g/mol. The summed E-state index contributed by atoms with van der Waals surface area (Å²) in [5.74, 6) is 1.71. The van der Waals surface area contributed by atoms with Gasteiger partial charge in [0, 0.05) is 29.0 Å². The van der Waals surface area contributed by atoms with Gasteiger partial charge in [-0.25, -0.2) is 4.98 Å². The Hall–Kier alpha value is -3.99. The Labute approximate surface area is 258 Å². The quantitative estimate of drug-likeness (QED) is 0.172. The standard InChI is InChI=1S/C36H35Cl2N3O/c1-36(2,3)19-20-42-31-6-4-5-28(21-31)27-12-7-25(8-13-27)11-18-35-40-34(32-17-14-29(37)22-33(32)38)24-41(35)23-26-9-15-30(39)16-10-26/h4-18,21-22,24H,19-20,23,39H2,1-3H3/b18-11+. The zero-order valence-electron chi connectivity index (χ0n) is 24.1. The first kappa shape index (κ1) is 29.5. The first-order valence-electron chi connectivity index (χ1n) is 14.0. The van der Waals surface area contributed by atoms with E-state index in [0.717, 1.165) is 57.2 Å². The lowest BCUT2D eigenvalue weighted by Crippen LogP contribution is -2.11. The Morgan fingerprint density at radius 1 is 0.857 bits per heavy atom. The number of rotatable bonds is 9. The van der Waals surface area contributed by atoms with Gasteiger partial charge in [-0.15, -0.1) is 0 Å². The van der Waals surface area contributed by atoms with Crippen molar-refractivity contribution >= 4 is 41.0 Å². The number of anilines is 1. The van der Waals surface area contributed by atoms with Crippen LogP contribution >= 0.6 is 23.2 Å². The van der Waals surface area contributed by atoms with Crippen LogP contribution in [-0.2, 0) is 6.54 Å². The van der Waals surface area contributed by atoms with Gasteiger partial charge in [0.1, 0.15) is 11.6 Å². The van der Waals surface area contributed by atoms with E-state index in [2.05, 4.69) is 67.8 Å². The summed E-state index contributed by atoms with van der Waals surface area (Å²) in [6.45, 7) is 8.03. The summed E-state index contributed by atoms with van der Waals surface area (Å²) in [6, 6.07) is 30.1. The number of nitrogens with zero attached hydrogens (tertiary/aromatic N) is 2. The topological polar surface area (TPSA) is 53.1 Å². The predicted molar refractivity (Wildman–Crippen MR) is 178 cm³/mol. The molecule has 4 aromatic carbocycles. The van der Waals surface area contributed by atoms with Crippen LogP contribution in [0.15, 0.2) is 97.2 Å². The van der Waals surface area contributed by atoms with Crippen molar-refractivity contribution in [3.05, 3.63) is 124 Å². The van der Waals surface area contributed by atoms with Crippen molar-refractivity contribution < 1.29 is 4.74 Å². The van der Waals surface area contributed by atoms with Crippen molar-refractivity contribution in [2.45, 2.75) is 33.7 Å². The summed E-state index contributed by atoms with van der Waals surface area (Å²) in [6.07, 6.45) is 7.13.